The van der Waals surface area contributed by atoms with Crippen molar-refractivity contribution in [3.8, 4) is 0 Å². The van der Waals surface area contributed by atoms with Gasteiger partial charge in [0.25, 0.3) is 5.91 Å². The monoisotopic (exact) mass is 348 g/mol. The highest BCUT2D eigenvalue weighted by Gasteiger charge is 2.29. The second-order valence-electron chi connectivity index (χ2n) is 7.24. The van der Waals surface area contributed by atoms with Gasteiger partial charge in [-0.1, -0.05) is 18.2 Å². The molecule has 2 aromatic carbocycles. The predicted molar refractivity (Wildman–Crippen MR) is 104 cm³/mol. The lowest BCUT2D eigenvalue weighted by Gasteiger charge is -2.35. The summed E-state index contributed by atoms with van der Waals surface area (Å²) in [5.41, 5.74) is 3.81. The van der Waals surface area contributed by atoms with E-state index in [1.54, 1.807) is 0 Å². The number of aryl methyl sites for hydroxylation is 1. The van der Waals surface area contributed by atoms with Crippen molar-refractivity contribution in [2.45, 2.75) is 45.1 Å². The minimum atomic E-state index is 0.0289. The second-order valence-corrected chi connectivity index (χ2v) is 7.24. The highest BCUT2D eigenvalue weighted by Crippen LogP contribution is 2.32. The van der Waals surface area contributed by atoms with Crippen LogP contribution in [0.5, 0.6) is 0 Å². The fourth-order valence-corrected chi connectivity index (χ4v) is 4.00. The SMILES string of the molecule is C[C@@H]1CCc2ccccc2N1C(=O)c1ccc(N2CCCCC2=O)cc1. The van der Waals surface area contributed by atoms with Crippen LogP contribution < -0.4 is 9.80 Å². The number of fused-ring (bicyclic) bond motifs is 1. The standard InChI is InChI=1S/C22H24N2O2/c1-16-9-10-17-6-2-3-7-20(17)24(16)22(26)18-11-13-19(14-12-18)23-15-5-4-8-21(23)25/h2-3,6-7,11-14,16H,4-5,8-10,15H2,1H3/t16-/m1/s1. The Kier molecular flexibility index (Phi) is 4.49. The number of carbonyl (C=O) groups is 2. The number of para-hydroxylation sites is 1. The van der Waals surface area contributed by atoms with Crippen LogP contribution in [0, 0.1) is 0 Å². The summed E-state index contributed by atoms with van der Waals surface area (Å²) in [6.45, 7) is 2.87. The Hall–Kier alpha value is -2.62. The fraction of sp³-hybridized carbons (Fsp3) is 0.364. The molecule has 0 saturated carbocycles. The van der Waals surface area contributed by atoms with Gasteiger partial charge in [0.05, 0.1) is 0 Å². The van der Waals surface area contributed by atoms with E-state index in [1.807, 2.05) is 52.3 Å². The van der Waals surface area contributed by atoms with E-state index in [9.17, 15) is 9.59 Å². The van der Waals surface area contributed by atoms with Crippen molar-refractivity contribution in [2.24, 2.45) is 0 Å². The summed E-state index contributed by atoms with van der Waals surface area (Å²) in [6, 6.07) is 15.8. The van der Waals surface area contributed by atoms with Gasteiger partial charge in [0.2, 0.25) is 5.91 Å². The maximum absolute atomic E-state index is 13.2. The molecule has 4 rings (SSSR count). The maximum atomic E-state index is 13.2. The van der Waals surface area contributed by atoms with Gasteiger partial charge in [-0.3, -0.25) is 9.59 Å². The van der Waals surface area contributed by atoms with E-state index in [-0.39, 0.29) is 17.9 Å². The molecule has 0 radical (unpaired) electrons. The molecule has 4 nitrogen and oxygen atoms in total. The van der Waals surface area contributed by atoms with Crippen LogP contribution in [0.2, 0.25) is 0 Å². The first-order valence-electron chi connectivity index (χ1n) is 9.47. The summed E-state index contributed by atoms with van der Waals surface area (Å²) in [4.78, 5) is 29.0. The molecule has 2 aromatic rings. The first-order valence-corrected chi connectivity index (χ1v) is 9.47. The molecule has 2 amide bonds. The third-order valence-corrected chi connectivity index (χ3v) is 5.49. The summed E-state index contributed by atoms with van der Waals surface area (Å²) < 4.78 is 0. The molecule has 0 spiro atoms. The highest BCUT2D eigenvalue weighted by atomic mass is 16.2. The van der Waals surface area contributed by atoms with Crippen LogP contribution in [0.4, 0.5) is 11.4 Å². The smallest absolute Gasteiger partial charge is 0.258 e. The van der Waals surface area contributed by atoms with E-state index >= 15 is 0 Å². The lowest BCUT2D eigenvalue weighted by Crippen LogP contribution is -2.42. The Labute approximate surface area is 154 Å². The van der Waals surface area contributed by atoms with Gasteiger partial charge in [-0.15, -0.1) is 0 Å². The summed E-state index contributed by atoms with van der Waals surface area (Å²) >= 11 is 0. The first-order chi connectivity index (χ1) is 12.6. The fourth-order valence-electron chi connectivity index (χ4n) is 4.00. The average Bonchev–Trinajstić information content (AvgIpc) is 2.68. The largest absolute Gasteiger partial charge is 0.312 e. The molecule has 1 atom stereocenters. The van der Waals surface area contributed by atoms with Crippen molar-refractivity contribution in [3.05, 3.63) is 59.7 Å². The van der Waals surface area contributed by atoms with Crippen molar-refractivity contribution in [3.63, 3.8) is 0 Å². The summed E-state index contributed by atoms with van der Waals surface area (Å²) in [6.07, 6.45) is 4.61. The molecule has 4 heteroatoms. The zero-order valence-electron chi connectivity index (χ0n) is 15.1. The normalized spacial score (nSPS) is 20.0. The van der Waals surface area contributed by atoms with Gasteiger partial charge >= 0.3 is 0 Å². The Morgan fingerprint density at radius 2 is 1.77 bits per heavy atom. The molecule has 2 aliphatic heterocycles. The summed E-state index contributed by atoms with van der Waals surface area (Å²) in [5.74, 6) is 0.204. The Bertz CT molecular complexity index is 828. The zero-order chi connectivity index (χ0) is 18.1. The number of rotatable bonds is 2. The molecular formula is C22H24N2O2. The number of amides is 2. The number of carbonyl (C=O) groups excluding carboxylic acids is 2. The minimum absolute atomic E-state index is 0.0289. The molecule has 0 aromatic heterocycles. The predicted octanol–water partition coefficient (Wildman–Crippen LogP) is 4.19. The quantitative estimate of drug-likeness (QED) is 0.817. The molecule has 0 N–H and O–H groups in total. The van der Waals surface area contributed by atoms with Crippen LogP contribution in [-0.2, 0) is 11.2 Å². The molecule has 0 bridgehead atoms. The lowest BCUT2D eigenvalue weighted by molar-refractivity contribution is -0.119. The van der Waals surface area contributed by atoms with Gasteiger partial charge in [-0.25, -0.2) is 0 Å². The van der Waals surface area contributed by atoms with Crippen LogP contribution in [0.25, 0.3) is 0 Å². The minimum Gasteiger partial charge on any atom is -0.312 e. The van der Waals surface area contributed by atoms with E-state index in [0.717, 1.165) is 43.6 Å². The van der Waals surface area contributed by atoms with E-state index in [4.69, 9.17) is 0 Å². The Balaban J connectivity index is 1.60. The number of benzene rings is 2. The van der Waals surface area contributed by atoms with E-state index in [2.05, 4.69) is 13.0 Å². The van der Waals surface area contributed by atoms with Gasteiger partial charge in [0.15, 0.2) is 0 Å². The van der Waals surface area contributed by atoms with Crippen molar-refractivity contribution in [1.29, 1.82) is 0 Å². The van der Waals surface area contributed by atoms with Crippen LogP contribution in [0.1, 0.15) is 48.5 Å². The van der Waals surface area contributed by atoms with Crippen LogP contribution in [0.15, 0.2) is 48.5 Å². The van der Waals surface area contributed by atoms with Crippen molar-refractivity contribution >= 4 is 23.2 Å². The molecule has 2 aliphatic rings. The van der Waals surface area contributed by atoms with Gasteiger partial charge < -0.3 is 9.80 Å². The number of nitrogens with zero attached hydrogens (tertiary/aromatic N) is 2. The number of anilines is 2. The lowest BCUT2D eigenvalue weighted by atomic mass is 9.95. The van der Waals surface area contributed by atoms with E-state index in [0.29, 0.717) is 12.0 Å². The van der Waals surface area contributed by atoms with Gasteiger partial charge in [-0.05, 0) is 68.5 Å². The van der Waals surface area contributed by atoms with Gasteiger partial charge in [0, 0.05) is 35.9 Å². The molecule has 0 aliphatic carbocycles. The molecule has 1 saturated heterocycles. The third-order valence-electron chi connectivity index (χ3n) is 5.49. The second kappa shape index (κ2) is 6.94. The van der Waals surface area contributed by atoms with Crippen molar-refractivity contribution < 1.29 is 9.59 Å². The maximum Gasteiger partial charge on any atom is 0.258 e. The molecule has 1 fully saturated rings. The third kappa shape index (κ3) is 3.00. The van der Waals surface area contributed by atoms with Crippen molar-refractivity contribution in [1.82, 2.24) is 0 Å². The first kappa shape index (κ1) is 16.8. The molecule has 26 heavy (non-hydrogen) atoms. The molecule has 2 heterocycles. The summed E-state index contributed by atoms with van der Waals surface area (Å²) in [5, 5.41) is 0. The average molecular weight is 348 g/mol. The Morgan fingerprint density at radius 3 is 2.54 bits per heavy atom. The van der Waals surface area contributed by atoms with E-state index in [1.165, 1.54) is 5.56 Å². The summed E-state index contributed by atoms with van der Waals surface area (Å²) in [7, 11) is 0. The number of hydrogen-bond donors (Lipinski definition) is 0. The zero-order valence-corrected chi connectivity index (χ0v) is 15.1. The number of hydrogen-bond acceptors (Lipinski definition) is 2. The van der Waals surface area contributed by atoms with Crippen LogP contribution in [-0.4, -0.2) is 24.4 Å². The molecular weight excluding hydrogens is 324 g/mol. The highest BCUT2D eigenvalue weighted by molar-refractivity contribution is 6.07. The molecule has 0 unspecified atom stereocenters. The number of piperidine rings is 1. The van der Waals surface area contributed by atoms with Crippen LogP contribution in [0.3, 0.4) is 0 Å². The van der Waals surface area contributed by atoms with Gasteiger partial charge in [0.1, 0.15) is 0 Å². The molecule has 134 valence electrons. The van der Waals surface area contributed by atoms with Crippen LogP contribution >= 0.6 is 0 Å². The Morgan fingerprint density at radius 1 is 1.00 bits per heavy atom. The topological polar surface area (TPSA) is 40.6 Å². The van der Waals surface area contributed by atoms with Gasteiger partial charge in [-0.2, -0.15) is 0 Å². The van der Waals surface area contributed by atoms with Crippen molar-refractivity contribution in [2.75, 3.05) is 16.3 Å². The van der Waals surface area contributed by atoms with E-state index < -0.39 is 0 Å².